The summed E-state index contributed by atoms with van der Waals surface area (Å²) in [5.41, 5.74) is 2.24. The number of rotatable bonds is 5. The first kappa shape index (κ1) is 15.3. The highest BCUT2D eigenvalue weighted by Gasteiger charge is 2.20. The lowest BCUT2D eigenvalue weighted by molar-refractivity contribution is 0.174. The van der Waals surface area contributed by atoms with Gasteiger partial charge < -0.3 is 14.9 Å². The van der Waals surface area contributed by atoms with E-state index in [0.29, 0.717) is 0 Å². The van der Waals surface area contributed by atoms with Crippen molar-refractivity contribution in [3.05, 3.63) is 29.8 Å². The van der Waals surface area contributed by atoms with Crippen molar-refractivity contribution in [3.63, 3.8) is 0 Å². The number of hydrogen-bond donors (Lipinski definition) is 1. The molecule has 1 aliphatic rings. The number of aliphatic hydroxyl groups excluding tert-OH is 1. The van der Waals surface area contributed by atoms with Crippen molar-refractivity contribution in [2.24, 2.45) is 5.92 Å². The third-order valence-electron chi connectivity index (χ3n) is 4.46. The molecule has 2 rings (SSSR count). The molecule has 112 valence electrons. The molecule has 3 heteroatoms. The molecule has 1 saturated heterocycles. The van der Waals surface area contributed by atoms with Crippen LogP contribution in [0, 0.1) is 5.92 Å². The quantitative estimate of drug-likeness (QED) is 0.896. The van der Waals surface area contributed by atoms with Crippen LogP contribution in [-0.4, -0.2) is 43.7 Å². The minimum atomic E-state index is -0.355. The molecular weight excluding hydrogens is 248 g/mol. The molecule has 3 nitrogen and oxygen atoms in total. The van der Waals surface area contributed by atoms with Gasteiger partial charge in [0.2, 0.25) is 0 Å². The van der Waals surface area contributed by atoms with Gasteiger partial charge in [0.15, 0.2) is 0 Å². The summed E-state index contributed by atoms with van der Waals surface area (Å²) in [6, 6.07) is 8.26. The molecule has 0 bridgehead atoms. The van der Waals surface area contributed by atoms with Crippen LogP contribution in [0.2, 0.25) is 0 Å². The third kappa shape index (κ3) is 3.74. The maximum Gasteiger partial charge on any atom is 0.0807 e. The second kappa shape index (κ2) is 7.09. The molecular formula is C17H28N2O. The Morgan fingerprint density at radius 2 is 1.95 bits per heavy atom. The molecule has 0 radical (unpaired) electrons. The zero-order valence-corrected chi connectivity index (χ0v) is 13.0. The summed E-state index contributed by atoms with van der Waals surface area (Å²) in [7, 11) is 4.35. The Kier molecular flexibility index (Phi) is 5.44. The lowest BCUT2D eigenvalue weighted by Gasteiger charge is -2.33. The third-order valence-corrected chi connectivity index (χ3v) is 4.46. The molecule has 1 N–H and O–H groups in total. The number of piperidine rings is 1. The number of benzene rings is 1. The van der Waals surface area contributed by atoms with E-state index in [-0.39, 0.29) is 6.10 Å². The van der Waals surface area contributed by atoms with Crippen molar-refractivity contribution in [1.82, 2.24) is 4.90 Å². The lowest BCUT2D eigenvalue weighted by Crippen LogP contribution is -2.36. The van der Waals surface area contributed by atoms with Gasteiger partial charge in [-0.2, -0.15) is 0 Å². The molecule has 0 aromatic heterocycles. The van der Waals surface area contributed by atoms with Crippen LogP contribution in [0.1, 0.15) is 37.9 Å². The average molecular weight is 276 g/mol. The van der Waals surface area contributed by atoms with Crippen LogP contribution in [0.3, 0.4) is 0 Å². The summed E-state index contributed by atoms with van der Waals surface area (Å²) in [4.78, 5) is 4.73. The molecule has 0 saturated carbocycles. The molecule has 1 fully saturated rings. The maximum absolute atomic E-state index is 10.2. The van der Waals surface area contributed by atoms with Gasteiger partial charge >= 0.3 is 0 Å². The SMILES string of the molecule is CC[C@H](O)c1ccccc1N(C)CC1CCN(C)CC1. The molecule has 1 aliphatic heterocycles. The lowest BCUT2D eigenvalue weighted by atomic mass is 9.96. The van der Waals surface area contributed by atoms with Crippen molar-refractivity contribution < 1.29 is 5.11 Å². The largest absolute Gasteiger partial charge is 0.388 e. The smallest absolute Gasteiger partial charge is 0.0807 e. The van der Waals surface area contributed by atoms with Crippen LogP contribution < -0.4 is 4.90 Å². The Morgan fingerprint density at radius 1 is 1.30 bits per heavy atom. The number of para-hydroxylation sites is 1. The molecule has 0 amide bonds. The van der Waals surface area contributed by atoms with Crippen molar-refractivity contribution in [1.29, 1.82) is 0 Å². The van der Waals surface area contributed by atoms with Gasteiger partial charge in [-0.25, -0.2) is 0 Å². The van der Waals surface area contributed by atoms with Gasteiger partial charge in [0.25, 0.3) is 0 Å². The highest BCUT2D eigenvalue weighted by molar-refractivity contribution is 5.54. The number of nitrogens with zero attached hydrogens (tertiary/aromatic N) is 2. The van der Waals surface area contributed by atoms with Crippen LogP contribution in [-0.2, 0) is 0 Å². The Balaban J connectivity index is 2.03. The maximum atomic E-state index is 10.2. The Bertz CT molecular complexity index is 413. The van der Waals surface area contributed by atoms with E-state index in [4.69, 9.17) is 0 Å². The monoisotopic (exact) mass is 276 g/mol. The van der Waals surface area contributed by atoms with Gasteiger partial charge in [-0.3, -0.25) is 0 Å². The molecule has 0 aliphatic carbocycles. The molecule has 0 unspecified atom stereocenters. The molecule has 1 aromatic carbocycles. The molecule has 1 atom stereocenters. The van der Waals surface area contributed by atoms with E-state index in [0.717, 1.165) is 24.4 Å². The van der Waals surface area contributed by atoms with E-state index in [1.807, 2.05) is 13.0 Å². The van der Waals surface area contributed by atoms with E-state index in [1.54, 1.807) is 0 Å². The summed E-state index contributed by atoms with van der Waals surface area (Å²) in [5, 5.41) is 10.2. The summed E-state index contributed by atoms with van der Waals surface area (Å²) in [5.74, 6) is 0.767. The van der Waals surface area contributed by atoms with Crippen molar-refractivity contribution >= 4 is 5.69 Å². The zero-order valence-electron chi connectivity index (χ0n) is 13.0. The molecule has 20 heavy (non-hydrogen) atoms. The fraction of sp³-hybridized carbons (Fsp3) is 0.647. The van der Waals surface area contributed by atoms with Crippen molar-refractivity contribution in [3.8, 4) is 0 Å². The minimum absolute atomic E-state index is 0.355. The Morgan fingerprint density at radius 3 is 2.60 bits per heavy atom. The van der Waals surface area contributed by atoms with Gasteiger partial charge in [0.05, 0.1) is 6.10 Å². The number of hydrogen-bond acceptors (Lipinski definition) is 3. The van der Waals surface area contributed by atoms with Gasteiger partial charge in [-0.05, 0) is 51.4 Å². The standard InChI is InChI=1S/C17H28N2O/c1-4-17(20)15-7-5-6-8-16(15)19(3)13-14-9-11-18(2)12-10-14/h5-8,14,17,20H,4,9-13H2,1-3H3/t17-/m0/s1. The van der Waals surface area contributed by atoms with Gasteiger partial charge in [-0.15, -0.1) is 0 Å². The van der Waals surface area contributed by atoms with E-state index in [9.17, 15) is 5.11 Å². The van der Waals surface area contributed by atoms with Crippen LogP contribution in [0.25, 0.3) is 0 Å². The number of anilines is 1. The summed E-state index contributed by atoms with van der Waals surface area (Å²) in [6.07, 6.45) is 2.96. The summed E-state index contributed by atoms with van der Waals surface area (Å²) in [6.45, 7) is 5.52. The van der Waals surface area contributed by atoms with Crippen molar-refractivity contribution in [2.75, 3.05) is 38.6 Å². The second-order valence-electron chi connectivity index (χ2n) is 6.11. The minimum Gasteiger partial charge on any atom is -0.388 e. The van der Waals surface area contributed by atoms with Gasteiger partial charge in [0.1, 0.15) is 0 Å². The van der Waals surface area contributed by atoms with E-state index in [2.05, 4.69) is 42.1 Å². The number of likely N-dealkylation sites (tertiary alicyclic amines) is 1. The highest BCUT2D eigenvalue weighted by atomic mass is 16.3. The van der Waals surface area contributed by atoms with E-state index < -0.39 is 0 Å². The molecule has 1 aromatic rings. The molecule has 0 spiro atoms. The predicted octanol–water partition coefficient (Wildman–Crippen LogP) is 2.91. The fourth-order valence-corrected chi connectivity index (χ4v) is 3.07. The first-order chi connectivity index (χ1) is 9.61. The Labute approximate surface area is 123 Å². The first-order valence-electron chi connectivity index (χ1n) is 7.78. The van der Waals surface area contributed by atoms with Crippen LogP contribution >= 0.6 is 0 Å². The summed E-state index contributed by atoms with van der Waals surface area (Å²) >= 11 is 0. The second-order valence-corrected chi connectivity index (χ2v) is 6.11. The Hall–Kier alpha value is -1.06. The average Bonchev–Trinajstić information content (AvgIpc) is 2.48. The van der Waals surface area contributed by atoms with Gasteiger partial charge in [0, 0.05) is 24.8 Å². The topological polar surface area (TPSA) is 26.7 Å². The number of aliphatic hydroxyl groups is 1. The normalized spacial score (nSPS) is 19.0. The molecule has 1 heterocycles. The van der Waals surface area contributed by atoms with Crippen LogP contribution in [0.15, 0.2) is 24.3 Å². The fourth-order valence-electron chi connectivity index (χ4n) is 3.07. The van der Waals surface area contributed by atoms with Crippen LogP contribution in [0.5, 0.6) is 0 Å². The van der Waals surface area contributed by atoms with E-state index in [1.165, 1.54) is 31.6 Å². The zero-order chi connectivity index (χ0) is 14.5. The predicted molar refractivity (Wildman–Crippen MR) is 85.2 cm³/mol. The first-order valence-corrected chi connectivity index (χ1v) is 7.78. The summed E-state index contributed by atoms with van der Waals surface area (Å²) < 4.78 is 0. The van der Waals surface area contributed by atoms with Gasteiger partial charge in [-0.1, -0.05) is 25.1 Å². The van der Waals surface area contributed by atoms with E-state index >= 15 is 0 Å². The van der Waals surface area contributed by atoms with Crippen molar-refractivity contribution in [2.45, 2.75) is 32.3 Å². The highest BCUT2D eigenvalue weighted by Crippen LogP contribution is 2.29. The van der Waals surface area contributed by atoms with Crippen LogP contribution in [0.4, 0.5) is 5.69 Å².